The number of nitrogens with zero attached hydrogens (tertiary/aromatic N) is 2. The molecule has 0 aliphatic rings. The lowest BCUT2D eigenvalue weighted by atomic mass is 10.2. The fraction of sp³-hybridized carbons (Fsp3) is 0.190. The molecule has 0 fully saturated rings. The summed E-state index contributed by atoms with van der Waals surface area (Å²) in [5.74, 6) is 0.480. The Morgan fingerprint density at radius 2 is 1.97 bits per heavy atom. The fourth-order valence-corrected chi connectivity index (χ4v) is 2.89. The number of anilines is 2. The van der Waals surface area contributed by atoms with Gasteiger partial charge in [0.1, 0.15) is 17.4 Å². The van der Waals surface area contributed by atoms with Crippen LogP contribution >= 0.6 is 11.6 Å². The van der Waals surface area contributed by atoms with Crippen molar-refractivity contribution < 1.29 is 9.53 Å². The van der Waals surface area contributed by atoms with E-state index in [0.717, 1.165) is 5.56 Å². The third-order valence-corrected chi connectivity index (χ3v) is 4.37. The number of carbonyl (C=O) groups excluding carboxylic acids is 1. The molecule has 0 unspecified atom stereocenters. The van der Waals surface area contributed by atoms with Gasteiger partial charge in [0.15, 0.2) is 0 Å². The molecule has 8 heteroatoms. The van der Waals surface area contributed by atoms with Gasteiger partial charge in [-0.3, -0.25) is 9.59 Å². The van der Waals surface area contributed by atoms with Gasteiger partial charge in [0.2, 0.25) is 5.91 Å². The number of hydrogen-bond donors (Lipinski definition) is 2. The van der Waals surface area contributed by atoms with Crippen LogP contribution in [0.3, 0.4) is 0 Å². The molecule has 0 atom stereocenters. The van der Waals surface area contributed by atoms with Crippen LogP contribution in [0.1, 0.15) is 12.5 Å². The summed E-state index contributed by atoms with van der Waals surface area (Å²) in [6.45, 7) is 2.57. The normalized spacial score (nSPS) is 10.4. The summed E-state index contributed by atoms with van der Waals surface area (Å²) in [5.41, 5.74) is 1.73. The minimum absolute atomic E-state index is 0.0867. The first-order chi connectivity index (χ1) is 14.0. The smallest absolute Gasteiger partial charge is 0.287 e. The van der Waals surface area contributed by atoms with Crippen molar-refractivity contribution in [2.45, 2.75) is 13.5 Å². The van der Waals surface area contributed by atoms with Gasteiger partial charge in [-0.05, 0) is 17.7 Å². The average Bonchev–Trinajstić information content (AvgIpc) is 2.71. The summed E-state index contributed by atoms with van der Waals surface area (Å²) in [6, 6.07) is 16.7. The molecule has 0 saturated carbocycles. The maximum atomic E-state index is 12.4. The quantitative estimate of drug-likeness (QED) is 0.554. The molecule has 3 rings (SSSR count). The number of benzene rings is 2. The third-order valence-electron chi connectivity index (χ3n) is 4.00. The Morgan fingerprint density at radius 3 is 2.72 bits per heavy atom. The summed E-state index contributed by atoms with van der Waals surface area (Å²) < 4.78 is 6.99. The number of nitrogens with one attached hydrogen (secondary N) is 2. The largest absolute Gasteiger partial charge is 0.492 e. The summed E-state index contributed by atoms with van der Waals surface area (Å²) in [5, 5.41) is 10.0. The summed E-state index contributed by atoms with van der Waals surface area (Å²) in [6.07, 6.45) is 1.53. The molecule has 29 heavy (non-hydrogen) atoms. The first-order valence-electron chi connectivity index (χ1n) is 9.07. The van der Waals surface area contributed by atoms with Gasteiger partial charge in [0.25, 0.3) is 5.56 Å². The van der Waals surface area contributed by atoms with Crippen molar-refractivity contribution >= 4 is 28.9 Å². The number of carbonyl (C=O) groups is 1. The topological polar surface area (TPSA) is 85.2 Å². The van der Waals surface area contributed by atoms with E-state index in [1.807, 2.05) is 30.3 Å². The van der Waals surface area contributed by atoms with Crippen LogP contribution in [-0.2, 0) is 11.3 Å². The third kappa shape index (κ3) is 5.83. The van der Waals surface area contributed by atoms with E-state index in [1.165, 1.54) is 17.8 Å². The molecule has 1 aromatic heterocycles. The second-order valence-corrected chi connectivity index (χ2v) is 6.68. The van der Waals surface area contributed by atoms with Crippen LogP contribution in [0.5, 0.6) is 5.75 Å². The van der Waals surface area contributed by atoms with Gasteiger partial charge >= 0.3 is 0 Å². The Morgan fingerprint density at radius 1 is 1.17 bits per heavy atom. The highest BCUT2D eigenvalue weighted by atomic mass is 35.5. The van der Waals surface area contributed by atoms with E-state index in [-0.39, 0.29) is 16.5 Å². The molecular weight excluding hydrogens is 392 g/mol. The van der Waals surface area contributed by atoms with Gasteiger partial charge in [0.05, 0.1) is 18.4 Å². The van der Waals surface area contributed by atoms with Crippen LogP contribution in [0, 0.1) is 0 Å². The van der Waals surface area contributed by atoms with Crippen molar-refractivity contribution in [3.05, 3.63) is 81.7 Å². The Labute approximate surface area is 173 Å². The Kier molecular flexibility index (Phi) is 6.86. The van der Waals surface area contributed by atoms with Crippen LogP contribution in [0.15, 0.2) is 65.6 Å². The van der Waals surface area contributed by atoms with Crippen molar-refractivity contribution in [3.63, 3.8) is 0 Å². The van der Waals surface area contributed by atoms with Crippen molar-refractivity contribution in [1.82, 2.24) is 9.78 Å². The minimum Gasteiger partial charge on any atom is -0.492 e. The lowest BCUT2D eigenvalue weighted by Gasteiger charge is -2.12. The van der Waals surface area contributed by atoms with E-state index in [2.05, 4.69) is 15.7 Å². The minimum atomic E-state index is -0.357. The predicted octanol–water partition coefficient (Wildman–Crippen LogP) is 3.39. The molecular formula is C21H21ClN4O3. The molecule has 0 bridgehead atoms. The van der Waals surface area contributed by atoms with Gasteiger partial charge < -0.3 is 15.4 Å². The molecule has 0 aliphatic carbocycles. The van der Waals surface area contributed by atoms with E-state index in [0.29, 0.717) is 36.8 Å². The first-order valence-corrected chi connectivity index (χ1v) is 9.44. The monoisotopic (exact) mass is 412 g/mol. The molecule has 2 N–H and O–H groups in total. The van der Waals surface area contributed by atoms with Crippen LogP contribution in [0.2, 0.25) is 5.02 Å². The highest BCUT2D eigenvalue weighted by molar-refractivity contribution is 6.32. The lowest BCUT2D eigenvalue weighted by Crippen LogP contribution is -2.25. The van der Waals surface area contributed by atoms with Crippen molar-refractivity contribution in [3.8, 4) is 5.75 Å². The zero-order chi connectivity index (χ0) is 20.6. The average molecular weight is 413 g/mol. The van der Waals surface area contributed by atoms with Crippen LogP contribution in [0.25, 0.3) is 0 Å². The van der Waals surface area contributed by atoms with E-state index in [4.69, 9.17) is 16.3 Å². The van der Waals surface area contributed by atoms with E-state index in [1.54, 1.807) is 24.3 Å². The fourth-order valence-electron chi connectivity index (χ4n) is 2.68. The van der Waals surface area contributed by atoms with Crippen LogP contribution < -0.4 is 20.9 Å². The Balaban J connectivity index is 1.55. The molecule has 150 valence electrons. The maximum Gasteiger partial charge on any atom is 0.287 e. The number of amides is 1. The number of hydrogen-bond acceptors (Lipinski definition) is 5. The molecule has 0 radical (unpaired) electrons. The molecule has 0 spiro atoms. The SMILES string of the molecule is CC(=O)Nc1cccc(OCCNc2cnn(Cc3ccccc3)c(=O)c2Cl)c1. The van der Waals surface area contributed by atoms with Gasteiger partial charge in [-0.2, -0.15) is 5.10 Å². The second-order valence-electron chi connectivity index (χ2n) is 6.30. The summed E-state index contributed by atoms with van der Waals surface area (Å²) >= 11 is 6.21. The molecule has 2 aromatic carbocycles. The van der Waals surface area contributed by atoms with Crippen LogP contribution in [-0.4, -0.2) is 28.8 Å². The van der Waals surface area contributed by atoms with Gasteiger partial charge in [0, 0.05) is 25.2 Å². The zero-order valence-corrected chi connectivity index (χ0v) is 16.6. The standard InChI is InChI=1S/C21H21ClN4O3/c1-15(27)25-17-8-5-9-18(12-17)29-11-10-23-19-13-24-26(21(28)20(19)22)14-16-6-3-2-4-7-16/h2-9,12-13,23H,10-11,14H2,1H3,(H,25,27). The molecule has 0 saturated heterocycles. The van der Waals surface area contributed by atoms with Gasteiger partial charge in [-0.25, -0.2) is 4.68 Å². The molecule has 1 amide bonds. The van der Waals surface area contributed by atoms with Gasteiger partial charge in [-0.1, -0.05) is 48.0 Å². The number of rotatable bonds is 8. The lowest BCUT2D eigenvalue weighted by molar-refractivity contribution is -0.114. The van der Waals surface area contributed by atoms with Gasteiger partial charge in [-0.15, -0.1) is 0 Å². The van der Waals surface area contributed by atoms with E-state index in [9.17, 15) is 9.59 Å². The first kappa shape index (κ1) is 20.4. The van der Waals surface area contributed by atoms with E-state index >= 15 is 0 Å². The molecule has 3 aromatic rings. The van der Waals surface area contributed by atoms with Crippen molar-refractivity contribution in [2.75, 3.05) is 23.8 Å². The summed E-state index contributed by atoms with van der Waals surface area (Å²) in [7, 11) is 0. The van der Waals surface area contributed by atoms with Crippen molar-refractivity contribution in [1.29, 1.82) is 0 Å². The number of aromatic nitrogens is 2. The second kappa shape index (κ2) is 9.75. The zero-order valence-electron chi connectivity index (χ0n) is 15.9. The molecule has 1 heterocycles. The molecule has 7 nitrogen and oxygen atoms in total. The Hall–Kier alpha value is -3.32. The maximum absolute atomic E-state index is 12.4. The number of halogens is 1. The number of ether oxygens (including phenoxy) is 1. The Bertz CT molecular complexity index is 1040. The van der Waals surface area contributed by atoms with Crippen molar-refractivity contribution in [2.24, 2.45) is 0 Å². The highest BCUT2D eigenvalue weighted by Crippen LogP contribution is 2.18. The highest BCUT2D eigenvalue weighted by Gasteiger charge is 2.09. The van der Waals surface area contributed by atoms with E-state index < -0.39 is 0 Å². The molecule has 0 aliphatic heterocycles. The predicted molar refractivity (Wildman–Crippen MR) is 114 cm³/mol. The van der Waals surface area contributed by atoms with Crippen LogP contribution in [0.4, 0.5) is 11.4 Å². The summed E-state index contributed by atoms with van der Waals surface area (Å²) in [4.78, 5) is 23.6.